The number of hydrogen-bond acceptors (Lipinski definition) is 3. The molecule has 0 atom stereocenters. The summed E-state index contributed by atoms with van der Waals surface area (Å²) < 4.78 is 10.7. The quantitative estimate of drug-likeness (QED) is 0.516. The molecule has 0 unspecified atom stereocenters. The van der Waals surface area contributed by atoms with E-state index < -0.39 is 0 Å². The minimum atomic E-state index is 0.754. The van der Waals surface area contributed by atoms with Crippen molar-refractivity contribution in [1.29, 1.82) is 0 Å². The zero-order valence-corrected chi connectivity index (χ0v) is 15.6. The Kier molecular flexibility index (Phi) is 4.79. The molecule has 0 saturated heterocycles. The van der Waals surface area contributed by atoms with E-state index in [1.165, 1.54) is 22.0 Å². The van der Waals surface area contributed by atoms with Crippen molar-refractivity contribution in [3.05, 3.63) is 72.3 Å². The predicted molar refractivity (Wildman–Crippen MR) is 110 cm³/mol. The summed E-state index contributed by atoms with van der Waals surface area (Å²) in [5.41, 5.74) is 4.63. The maximum Gasteiger partial charge on any atom is 0.213 e. The summed E-state index contributed by atoms with van der Waals surface area (Å²) in [5.74, 6) is 1.52. The fourth-order valence-electron chi connectivity index (χ4n) is 3.47. The molecule has 136 valence electrons. The molecule has 4 aromatic rings. The molecule has 0 saturated carbocycles. The van der Waals surface area contributed by atoms with Crippen molar-refractivity contribution in [1.82, 2.24) is 0 Å². The SMILES string of the molecule is COc1ccc(CCNc2c3ccccc3[nH+]c3ccccc23)cc1OC. The fourth-order valence-corrected chi connectivity index (χ4v) is 3.47. The van der Waals surface area contributed by atoms with Crippen molar-refractivity contribution in [2.45, 2.75) is 6.42 Å². The number of fused-ring (bicyclic) bond motifs is 2. The summed E-state index contributed by atoms with van der Waals surface area (Å²) in [4.78, 5) is 3.52. The van der Waals surface area contributed by atoms with Crippen LogP contribution in [0, 0.1) is 0 Å². The Bertz CT molecular complexity index is 1040. The molecule has 27 heavy (non-hydrogen) atoms. The number of hydrogen-bond donors (Lipinski definition) is 1. The number of para-hydroxylation sites is 2. The lowest BCUT2D eigenvalue weighted by Gasteiger charge is -2.12. The van der Waals surface area contributed by atoms with E-state index in [2.05, 4.69) is 64.9 Å². The van der Waals surface area contributed by atoms with Gasteiger partial charge in [-0.25, -0.2) is 4.98 Å². The molecule has 4 heteroatoms. The molecule has 2 N–H and O–H groups in total. The topological polar surface area (TPSA) is 44.6 Å². The van der Waals surface area contributed by atoms with Gasteiger partial charge in [-0.2, -0.15) is 0 Å². The Morgan fingerprint density at radius 2 is 1.41 bits per heavy atom. The molecule has 0 aliphatic carbocycles. The number of anilines is 1. The van der Waals surface area contributed by atoms with Gasteiger partial charge in [-0.1, -0.05) is 30.3 Å². The predicted octanol–water partition coefficient (Wildman–Crippen LogP) is 4.48. The second kappa shape index (κ2) is 7.54. The smallest absolute Gasteiger partial charge is 0.213 e. The molecule has 0 radical (unpaired) electrons. The van der Waals surface area contributed by atoms with Crippen LogP contribution in [0.25, 0.3) is 21.8 Å². The molecule has 0 aliphatic rings. The summed E-state index contributed by atoms with van der Waals surface area (Å²) in [6.45, 7) is 0.827. The molecule has 0 bridgehead atoms. The zero-order valence-electron chi connectivity index (χ0n) is 15.6. The molecule has 0 fully saturated rings. The van der Waals surface area contributed by atoms with Crippen molar-refractivity contribution in [2.24, 2.45) is 0 Å². The second-order valence-corrected chi connectivity index (χ2v) is 6.46. The van der Waals surface area contributed by atoms with Crippen LogP contribution in [0.5, 0.6) is 11.5 Å². The summed E-state index contributed by atoms with van der Waals surface area (Å²) in [6.07, 6.45) is 0.890. The molecular formula is C23H23N2O2+. The second-order valence-electron chi connectivity index (χ2n) is 6.46. The molecule has 1 aromatic heterocycles. The van der Waals surface area contributed by atoms with Gasteiger partial charge in [0.15, 0.2) is 11.5 Å². The zero-order chi connectivity index (χ0) is 18.6. The van der Waals surface area contributed by atoms with Gasteiger partial charge >= 0.3 is 0 Å². The number of H-pyrrole nitrogens is 1. The third-order valence-corrected chi connectivity index (χ3v) is 4.83. The molecule has 4 nitrogen and oxygen atoms in total. The highest BCUT2D eigenvalue weighted by Crippen LogP contribution is 2.30. The molecule has 0 spiro atoms. The number of nitrogens with one attached hydrogen (secondary N) is 2. The number of aromatic nitrogens is 1. The van der Waals surface area contributed by atoms with Gasteiger partial charge < -0.3 is 14.8 Å². The summed E-state index contributed by atoms with van der Waals surface area (Å²) in [5, 5.41) is 6.05. The van der Waals surface area contributed by atoms with E-state index in [0.29, 0.717) is 0 Å². The fraction of sp³-hybridized carbons (Fsp3) is 0.174. The van der Waals surface area contributed by atoms with Crippen LogP contribution in [0.1, 0.15) is 5.56 Å². The minimum Gasteiger partial charge on any atom is -0.493 e. The van der Waals surface area contributed by atoms with E-state index in [1.54, 1.807) is 14.2 Å². The Balaban J connectivity index is 1.62. The highest BCUT2D eigenvalue weighted by molar-refractivity contribution is 6.04. The van der Waals surface area contributed by atoms with Crippen LogP contribution in [-0.4, -0.2) is 20.8 Å². The van der Waals surface area contributed by atoms with Crippen molar-refractivity contribution >= 4 is 27.5 Å². The minimum absolute atomic E-state index is 0.754. The van der Waals surface area contributed by atoms with Gasteiger partial charge in [0.2, 0.25) is 11.0 Å². The lowest BCUT2D eigenvalue weighted by molar-refractivity contribution is -0.310. The number of pyridine rings is 1. The molecule has 4 rings (SSSR count). The first-order valence-corrected chi connectivity index (χ1v) is 9.07. The summed E-state index contributed by atoms with van der Waals surface area (Å²) in [7, 11) is 3.32. The molecule has 1 heterocycles. The van der Waals surface area contributed by atoms with Gasteiger partial charge in [-0.3, -0.25) is 0 Å². The van der Waals surface area contributed by atoms with Crippen molar-refractivity contribution in [2.75, 3.05) is 26.1 Å². The van der Waals surface area contributed by atoms with E-state index in [1.807, 2.05) is 12.1 Å². The van der Waals surface area contributed by atoms with E-state index in [4.69, 9.17) is 9.47 Å². The molecule has 0 amide bonds. The lowest BCUT2D eigenvalue weighted by Crippen LogP contribution is -2.11. The van der Waals surface area contributed by atoms with Crippen LogP contribution >= 0.6 is 0 Å². The van der Waals surface area contributed by atoms with Crippen LogP contribution in [0.3, 0.4) is 0 Å². The normalized spacial score (nSPS) is 10.9. The Labute approximate surface area is 158 Å². The van der Waals surface area contributed by atoms with Gasteiger partial charge in [0, 0.05) is 18.7 Å². The molecule has 3 aromatic carbocycles. The maximum atomic E-state index is 5.41. The van der Waals surface area contributed by atoms with Gasteiger partial charge in [-0.15, -0.1) is 0 Å². The van der Waals surface area contributed by atoms with Gasteiger partial charge in [0.25, 0.3) is 0 Å². The first-order chi connectivity index (χ1) is 13.3. The average Bonchev–Trinajstić information content (AvgIpc) is 2.73. The average molecular weight is 359 g/mol. The summed E-state index contributed by atoms with van der Waals surface area (Å²) >= 11 is 0. The first kappa shape index (κ1) is 17.2. The van der Waals surface area contributed by atoms with Crippen LogP contribution in [0.4, 0.5) is 5.69 Å². The highest BCUT2D eigenvalue weighted by atomic mass is 16.5. The highest BCUT2D eigenvalue weighted by Gasteiger charge is 2.13. The summed E-state index contributed by atoms with van der Waals surface area (Å²) in [6, 6.07) is 22.9. The van der Waals surface area contributed by atoms with E-state index in [-0.39, 0.29) is 0 Å². The van der Waals surface area contributed by atoms with E-state index >= 15 is 0 Å². The third-order valence-electron chi connectivity index (χ3n) is 4.83. The largest absolute Gasteiger partial charge is 0.493 e. The lowest BCUT2D eigenvalue weighted by atomic mass is 10.1. The number of rotatable bonds is 6. The maximum absolute atomic E-state index is 5.41. The number of aromatic amines is 1. The number of ether oxygens (including phenoxy) is 2. The van der Waals surface area contributed by atoms with Crippen molar-refractivity contribution in [3.8, 4) is 11.5 Å². The van der Waals surface area contributed by atoms with Crippen LogP contribution in [0.15, 0.2) is 66.7 Å². The van der Waals surface area contributed by atoms with Crippen molar-refractivity contribution in [3.63, 3.8) is 0 Å². The van der Waals surface area contributed by atoms with Gasteiger partial charge in [-0.05, 0) is 36.2 Å². The Hall–Kier alpha value is -3.27. The number of methoxy groups -OCH3 is 2. The number of benzene rings is 3. The van der Waals surface area contributed by atoms with Crippen LogP contribution < -0.4 is 19.8 Å². The molecule has 0 aliphatic heterocycles. The third kappa shape index (κ3) is 3.38. The Morgan fingerprint density at radius 1 is 0.778 bits per heavy atom. The van der Waals surface area contributed by atoms with Crippen molar-refractivity contribution < 1.29 is 14.5 Å². The van der Waals surface area contributed by atoms with Crippen LogP contribution in [0.2, 0.25) is 0 Å². The first-order valence-electron chi connectivity index (χ1n) is 9.07. The monoisotopic (exact) mass is 359 g/mol. The van der Waals surface area contributed by atoms with Crippen LogP contribution in [-0.2, 0) is 6.42 Å². The Morgan fingerprint density at radius 3 is 2.04 bits per heavy atom. The van der Waals surface area contributed by atoms with E-state index in [0.717, 1.165) is 35.5 Å². The van der Waals surface area contributed by atoms with Gasteiger partial charge in [0.1, 0.15) is 0 Å². The van der Waals surface area contributed by atoms with E-state index in [9.17, 15) is 0 Å². The molecular weight excluding hydrogens is 336 g/mol. The standard InChI is InChI=1S/C23H22N2O2/c1-26-21-12-11-16(15-22(21)27-2)13-14-24-23-17-7-3-5-9-19(17)25-20-10-6-4-8-18(20)23/h3-12,15H,13-14H2,1-2H3,(H,24,25)/p+1. The van der Waals surface area contributed by atoms with Gasteiger partial charge in [0.05, 0.1) is 30.7 Å².